The number of hydrogen-bond donors (Lipinski definition) is 1. The van der Waals surface area contributed by atoms with Crippen LogP contribution in [0.5, 0.6) is 0 Å². The molecule has 21 heavy (non-hydrogen) atoms. The molecule has 1 unspecified atom stereocenters. The second-order valence-corrected chi connectivity index (χ2v) is 6.13. The van der Waals surface area contributed by atoms with Gasteiger partial charge in [-0.1, -0.05) is 12.1 Å². The number of rotatable bonds is 5. The summed E-state index contributed by atoms with van der Waals surface area (Å²) in [5, 5.41) is 17.9. The van der Waals surface area contributed by atoms with Gasteiger partial charge >= 0.3 is 0 Å². The van der Waals surface area contributed by atoms with E-state index in [1.807, 2.05) is 23.9 Å². The minimum absolute atomic E-state index is 0.265. The molecule has 3 rings (SSSR count). The molecule has 0 saturated heterocycles. The van der Waals surface area contributed by atoms with E-state index in [0.717, 1.165) is 22.2 Å². The number of benzene rings is 1. The Bertz CT molecular complexity index is 687. The van der Waals surface area contributed by atoms with E-state index in [1.54, 1.807) is 17.5 Å². The van der Waals surface area contributed by atoms with E-state index in [1.165, 1.54) is 5.56 Å². The predicted octanol–water partition coefficient (Wildman–Crippen LogP) is 2.88. The molecule has 0 bridgehead atoms. The Morgan fingerprint density at radius 1 is 1.24 bits per heavy atom. The van der Waals surface area contributed by atoms with Gasteiger partial charge in [0.25, 0.3) is 0 Å². The van der Waals surface area contributed by atoms with Crippen molar-refractivity contribution >= 4 is 11.3 Å². The maximum atomic E-state index is 4.23. The zero-order valence-corrected chi connectivity index (χ0v) is 12.8. The van der Waals surface area contributed by atoms with Crippen LogP contribution in [0.4, 0.5) is 0 Å². The molecule has 2 heterocycles. The summed E-state index contributed by atoms with van der Waals surface area (Å²) in [7, 11) is 0. The molecule has 5 nitrogen and oxygen atoms in total. The van der Waals surface area contributed by atoms with E-state index in [4.69, 9.17) is 0 Å². The number of aromatic nitrogens is 4. The minimum atomic E-state index is 0.265. The third kappa shape index (κ3) is 3.34. The van der Waals surface area contributed by atoms with Crippen LogP contribution in [0.15, 0.2) is 42.7 Å². The fourth-order valence-electron chi connectivity index (χ4n) is 2.10. The quantitative estimate of drug-likeness (QED) is 0.787. The highest BCUT2D eigenvalue weighted by atomic mass is 32.1. The van der Waals surface area contributed by atoms with Gasteiger partial charge in [-0.15, -0.1) is 21.5 Å². The highest BCUT2D eigenvalue weighted by Crippen LogP contribution is 2.16. The summed E-state index contributed by atoms with van der Waals surface area (Å²) < 4.78 is 1.85. The number of nitrogens with one attached hydrogen (secondary N) is 1. The smallest absolute Gasteiger partial charge is 0.131 e. The molecule has 0 aliphatic heterocycles. The largest absolute Gasteiger partial charge is 0.304 e. The van der Waals surface area contributed by atoms with Gasteiger partial charge in [-0.25, -0.2) is 4.68 Å². The normalized spacial score (nSPS) is 12.5. The van der Waals surface area contributed by atoms with Crippen LogP contribution in [-0.2, 0) is 6.54 Å². The third-order valence-corrected chi connectivity index (χ3v) is 4.13. The molecule has 0 spiro atoms. The van der Waals surface area contributed by atoms with Crippen molar-refractivity contribution in [3.05, 3.63) is 58.3 Å². The van der Waals surface area contributed by atoms with Gasteiger partial charge in [-0.05, 0) is 37.6 Å². The fourth-order valence-corrected chi connectivity index (χ4v) is 2.76. The van der Waals surface area contributed by atoms with Gasteiger partial charge in [0, 0.05) is 18.4 Å². The van der Waals surface area contributed by atoms with Crippen molar-refractivity contribution in [3.63, 3.8) is 0 Å². The second-order valence-electron chi connectivity index (χ2n) is 4.86. The molecular weight excluding hydrogens is 282 g/mol. The molecule has 1 N–H and O–H groups in total. The second kappa shape index (κ2) is 6.15. The standard InChI is InChI=1S/C15H17N5S/c1-11(16-10-15-19-18-12(2)21-15)13-4-6-14(7-5-13)20-9-3-8-17-20/h3-9,11,16H,10H2,1-2H3. The summed E-state index contributed by atoms with van der Waals surface area (Å²) in [6.07, 6.45) is 3.72. The highest BCUT2D eigenvalue weighted by Gasteiger charge is 2.07. The summed E-state index contributed by atoms with van der Waals surface area (Å²) >= 11 is 1.63. The van der Waals surface area contributed by atoms with Crippen molar-refractivity contribution in [1.29, 1.82) is 0 Å². The molecule has 0 fully saturated rings. The van der Waals surface area contributed by atoms with Crippen molar-refractivity contribution in [3.8, 4) is 5.69 Å². The summed E-state index contributed by atoms with van der Waals surface area (Å²) in [5.41, 5.74) is 2.31. The first-order valence-electron chi connectivity index (χ1n) is 6.85. The fraction of sp³-hybridized carbons (Fsp3) is 0.267. The summed E-state index contributed by atoms with van der Waals surface area (Å²) in [6.45, 7) is 4.86. The summed E-state index contributed by atoms with van der Waals surface area (Å²) in [4.78, 5) is 0. The lowest BCUT2D eigenvalue weighted by atomic mass is 10.1. The van der Waals surface area contributed by atoms with E-state index in [2.05, 4.69) is 51.8 Å². The summed E-state index contributed by atoms with van der Waals surface area (Å²) in [6, 6.07) is 10.6. The molecule has 6 heteroatoms. The number of aryl methyl sites for hydroxylation is 1. The molecule has 0 radical (unpaired) electrons. The molecule has 1 atom stereocenters. The average molecular weight is 299 g/mol. The molecule has 108 valence electrons. The Balaban J connectivity index is 1.63. The first-order chi connectivity index (χ1) is 10.2. The van der Waals surface area contributed by atoms with Crippen LogP contribution in [0, 0.1) is 6.92 Å². The van der Waals surface area contributed by atoms with Crippen LogP contribution in [0.2, 0.25) is 0 Å². The highest BCUT2D eigenvalue weighted by molar-refractivity contribution is 7.11. The Morgan fingerprint density at radius 3 is 2.67 bits per heavy atom. The van der Waals surface area contributed by atoms with Gasteiger partial charge < -0.3 is 5.32 Å². The van der Waals surface area contributed by atoms with Crippen LogP contribution < -0.4 is 5.32 Å². The van der Waals surface area contributed by atoms with Gasteiger partial charge in [0.05, 0.1) is 12.2 Å². The first-order valence-corrected chi connectivity index (χ1v) is 7.66. The SMILES string of the molecule is Cc1nnc(CNC(C)c2ccc(-n3cccn3)cc2)s1. The van der Waals surface area contributed by atoms with Gasteiger partial charge in [-0.2, -0.15) is 5.10 Å². The molecule has 3 aromatic rings. The van der Waals surface area contributed by atoms with E-state index in [9.17, 15) is 0 Å². The van der Waals surface area contributed by atoms with Gasteiger partial charge in [-0.3, -0.25) is 0 Å². The maximum absolute atomic E-state index is 4.23. The van der Waals surface area contributed by atoms with Gasteiger partial charge in [0.2, 0.25) is 0 Å². The van der Waals surface area contributed by atoms with Crippen LogP contribution in [0.1, 0.15) is 28.5 Å². The molecule has 0 saturated carbocycles. The zero-order valence-electron chi connectivity index (χ0n) is 12.0. The maximum Gasteiger partial charge on any atom is 0.131 e. The van der Waals surface area contributed by atoms with Gasteiger partial charge in [0.15, 0.2) is 0 Å². The molecule has 0 aliphatic rings. The lowest BCUT2D eigenvalue weighted by Crippen LogP contribution is -2.18. The Kier molecular flexibility index (Phi) is 4.08. The first kappa shape index (κ1) is 13.9. The molecule has 0 amide bonds. The monoisotopic (exact) mass is 299 g/mol. The summed E-state index contributed by atoms with van der Waals surface area (Å²) in [5.74, 6) is 0. The van der Waals surface area contributed by atoms with Crippen LogP contribution in [0.3, 0.4) is 0 Å². The lowest BCUT2D eigenvalue weighted by molar-refractivity contribution is 0.570. The van der Waals surface area contributed by atoms with E-state index < -0.39 is 0 Å². The topological polar surface area (TPSA) is 55.6 Å². The van der Waals surface area contributed by atoms with Crippen molar-refractivity contribution in [2.75, 3.05) is 0 Å². The van der Waals surface area contributed by atoms with Crippen LogP contribution in [-0.4, -0.2) is 20.0 Å². The molecule has 0 aliphatic carbocycles. The Labute approximate surface area is 127 Å². The number of nitrogens with zero attached hydrogens (tertiary/aromatic N) is 4. The van der Waals surface area contributed by atoms with Gasteiger partial charge in [0.1, 0.15) is 10.0 Å². The van der Waals surface area contributed by atoms with Crippen LogP contribution >= 0.6 is 11.3 Å². The zero-order chi connectivity index (χ0) is 14.7. The molecular formula is C15H17N5S. The molecule has 2 aromatic heterocycles. The van der Waals surface area contributed by atoms with Crippen molar-refractivity contribution in [2.24, 2.45) is 0 Å². The Morgan fingerprint density at radius 2 is 2.05 bits per heavy atom. The minimum Gasteiger partial charge on any atom is -0.304 e. The van der Waals surface area contributed by atoms with E-state index >= 15 is 0 Å². The van der Waals surface area contributed by atoms with Crippen LogP contribution in [0.25, 0.3) is 5.69 Å². The number of hydrogen-bond acceptors (Lipinski definition) is 5. The van der Waals surface area contributed by atoms with Crippen molar-refractivity contribution < 1.29 is 0 Å². The van der Waals surface area contributed by atoms with Crippen molar-refractivity contribution in [2.45, 2.75) is 26.4 Å². The van der Waals surface area contributed by atoms with Crippen molar-refractivity contribution in [1.82, 2.24) is 25.3 Å². The average Bonchev–Trinajstić information content (AvgIpc) is 3.16. The molecule has 1 aromatic carbocycles. The van der Waals surface area contributed by atoms with E-state index in [0.29, 0.717) is 0 Å². The van der Waals surface area contributed by atoms with E-state index in [-0.39, 0.29) is 6.04 Å². The predicted molar refractivity (Wildman–Crippen MR) is 83.5 cm³/mol. The lowest BCUT2D eigenvalue weighted by Gasteiger charge is -2.13. The third-order valence-electron chi connectivity index (χ3n) is 3.29. The Hall–Kier alpha value is -2.05.